The molecule has 4 aromatic heterocycles. The molecule has 5 heterocycles. The predicted molar refractivity (Wildman–Crippen MR) is 242 cm³/mol. The number of H-pyrrole nitrogens is 2. The molecule has 6 heteroatoms. The molecule has 54 heavy (non-hydrogen) atoms. The Morgan fingerprint density at radius 2 is 1.24 bits per heavy atom. The van der Waals surface area contributed by atoms with Gasteiger partial charge in [0.15, 0.2) is 0 Å². The van der Waals surface area contributed by atoms with Crippen molar-refractivity contribution in [3.05, 3.63) is 120 Å². The van der Waals surface area contributed by atoms with Gasteiger partial charge in [0, 0.05) is 63.8 Å². The van der Waals surface area contributed by atoms with E-state index in [0.717, 1.165) is 28.9 Å². The summed E-state index contributed by atoms with van der Waals surface area (Å²) in [5.74, 6) is 1.04. The molecule has 2 N–H and O–H groups in total. The second-order valence-electron chi connectivity index (χ2n) is 17.8. The molecule has 0 radical (unpaired) electrons. The number of allylic oxidation sites excluding steroid dienone is 2. The Kier molecular flexibility index (Phi) is 23.0. The van der Waals surface area contributed by atoms with E-state index in [9.17, 15) is 0 Å². The minimum atomic E-state index is 0. The Balaban J connectivity index is -0.000000596. The molecule has 6 rings (SSSR count). The maximum absolute atomic E-state index is 5.20. The van der Waals surface area contributed by atoms with Gasteiger partial charge in [-0.15, -0.1) is 0 Å². The van der Waals surface area contributed by atoms with Crippen LogP contribution in [0.1, 0.15) is 163 Å². The first-order valence-electron chi connectivity index (χ1n) is 17.8. The average Bonchev–Trinajstić information content (AvgIpc) is 3.84. The summed E-state index contributed by atoms with van der Waals surface area (Å²) in [6.45, 7) is 32.6. The molecule has 0 unspecified atom stereocenters. The SMILES string of the molecule is C.C.C.C.CC(C)(C)C1=CCC=N1.CC(C)(C)c1ccc2nc[nH]c2c1.CC(C)(C)c1ccc[nH]1.CC(C)(C)c1ccccn1.CC(C)(C)c1ccco1. The first-order chi connectivity index (χ1) is 23.0. The van der Waals surface area contributed by atoms with E-state index >= 15 is 0 Å². The van der Waals surface area contributed by atoms with E-state index in [2.05, 4.69) is 165 Å². The van der Waals surface area contributed by atoms with Crippen molar-refractivity contribution in [3.8, 4) is 0 Å². The molecule has 5 aromatic rings. The third kappa shape index (κ3) is 19.2. The molecular weight excluding hydrogens is 663 g/mol. The van der Waals surface area contributed by atoms with Crippen LogP contribution in [0.15, 0.2) is 107 Å². The number of nitrogens with zero attached hydrogens (tertiary/aromatic N) is 3. The summed E-state index contributed by atoms with van der Waals surface area (Å²) in [6.07, 6.45) is 12.4. The maximum Gasteiger partial charge on any atom is 0.109 e. The van der Waals surface area contributed by atoms with E-state index in [1.165, 1.54) is 17.0 Å². The number of imidazole rings is 1. The number of hydrogen-bond acceptors (Lipinski definition) is 4. The third-order valence-electron chi connectivity index (χ3n) is 7.80. The first kappa shape index (κ1) is 54.2. The van der Waals surface area contributed by atoms with Crippen LogP contribution in [-0.4, -0.2) is 26.2 Å². The van der Waals surface area contributed by atoms with Crippen LogP contribution >= 0.6 is 0 Å². The van der Waals surface area contributed by atoms with E-state index < -0.39 is 0 Å². The number of aromatic nitrogens is 4. The van der Waals surface area contributed by atoms with Crippen LogP contribution in [0.25, 0.3) is 11.0 Å². The van der Waals surface area contributed by atoms with Crippen molar-refractivity contribution >= 4 is 17.2 Å². The summed E-state index contributed by atoms with van der Waals surface area (Å²) in [7, 11) is 0. The number of hydrogen-bond donors (Lipinski definition) is 2. The number of aliphatic imine (C=N–C) groups is 1. The average molecular weight is 744 g/mol. The summed E-state index contributed by atoms with van der Waals surface area (Å²) < 4.78 is 5.20. The Labute approximate surface area is 332 Å². The van der Waals surface area contributed by atoms with Crippen molar-refractivity contribution < 1.29 is 4.42 Å². The molecule has 0 saturated carbocycles. The van der Waals surface area contributed by atoms with Crippen LogP contribution in [0.2, 0.25) is 0 Å². The van der Waals surface area contributed by atoms with Crippen molar-refractivity contribution in [2.24, 2.45) is 10.4 Å². The predicted octanol–water partition coefficient (Wildman–Crippen LogP) is 15.1. The van der Waals surface area contributed by atoms with E-state index in [1.807, 2.05) is 48.9 Å². The molecule has 0 bridgehead atoms. The lowest BCUT2D eigenvalue weighted by molar-refractivity contribution is 0.409. The summed E-state index contributed by atoms with van der Waals surface area (Å²) in [4.78, 5) is 19.0. The molecule has 1 aromatic carbocycles. The fourth-order valence-electron chi connectivity index (χ4n) is 4.58. The molecule has 6 nitrogen and oxygen atoms in total. The fourth-order valence-corrected chi connectivity index (χ4v) is 4.58. The van der Waals surface area contributed by atoms with Crippen LogP contribution in [0.3, 0.4) is 0 Å². The summed E-state index contributed by atoms with van der Waals surface area (Å²) in [5, 5.41) is 0. The topological polar surface area (TPSA) is 82.9 Å². The zero-order valence-corrected chi connectivity index (χ0v) is 33.7. The molecule has 1 aliphatic heterocycles. The van der Waals surface area contributed by atoms with Gasteiger partial charge in [-0.2, -0.15) is 0 Å². The quantitative estimate of drug-likeness (QED) is 0.166. The Bertz CT molecular complexity index is 1660. The van der Waals surface area contributed by atoms with Crippen LogP contribution in [0.4, 0.5) is 0 Å². The molecule has 0 spiro atoms. The van der Waals surface area contributed by atoms with Crippen LogP contribution < -0.4 is 0 Å². The minimum absolute atomic E-state index is 0. The molecule has 0 fully saturated rings. The molecule has 1 aliphatic rings. The van der Waals surface area contributed by atoms with Crippen molar-refractivity contribution in [1.29, 1.82) is 0 Å². The van der Waals surface area contributed by atoms with E-state index in [-0.39, 0.29) is 56.8 Å². The molecule has 304 valence electrons. The molecule has 0 amide bonds. The summed E-state index contributed by atoms with van der Waals surface area (Å²) in [5.41, 5.74) is 8.21. The van der Waals surface area contributed by atoms with E-state index in [1.54, 1.807) is 12.6 Å². The number of aromatic amines is 2. The number of pyridine rings is 1. The van der Waals surface area contributed by atoms with Gasteiger partial charge in [-0.3, -0.25) is 9.98 Å². The Morgan fingerprint density at radius 1 is 0.593 bits per heavy atom. The van der Waals surface area contributed by atoms with Gasteiger partial charge in [-0.25, -0.2) is 4.98 Å². The van der Waals surface area contributed by atoms with Gasteiger partial charge >= 0.3 is 0 Å². The highest BCUT2D eigenvalue weighted by Gasteiger charge is 2.18. The van der Waals surface area contributed by atoms with Gasteiger partial charge in [0.25, 0.3) is 0 Å². The number of furan rings is 1. The number of benzene rings is 1. The molecule has 0 saturated heterocycles. The lowest BCUT2D eigenvalue weighted by Crippen LogP contribution is -2.12. The first-order valence-corrected chi connectivity index (χ1v) is 17.8. The zero-order valence-electron chi connectivity index (χ0n) is 33.7. The lowest BCUT2D eigenvalue weighted by atomic mass is 9.87. The number of nitrogens with one attached hydrogen (secondary N) is 2. The van der Waals surface area contributed by atoms with E-state index in [4.69, 9.17) is 4.42 Å². The fraction of sp³-hybridized carbons (Fsp3) is 0.521. The maximum atomic E-state index is 5.20. The summed E-state index contributed by atoms with van der Waals surface area (Å²) >= 11 is 0. The monoisotopic (exact) mass is 744 g/mol. The molecule has 0 aliphatic carbocycles. The standard InChI is InChI=1S/C11H14N2.C9H13N.2C8H13N.C8H12O.4CH4/c1-11(2,3)8-4-5-9-10(6-8)13-7-12-9;1-9(2,3)8-6-4-5-7-10-8;3*1-8(2,3)7-5-4-6-9-7;;;;/h4-7H,1-3H3,(H,12,13);4-7H,1-3H3;5-6H,4H2,1-3H3;4-6,9H,1-3H3;4-6H,1-3H3;4*1H4. The highest BCUT2D eigenvalue weighted by Crippen LogP contribution is 2.28. The van der Waals surface area contributed by atoms with Crippen molar-refractivity contribution in [2.45, 2.75) is 162 Å². The lowest BCUT2D eigenvalue weighted by Gasteiger charge is -2.18. The van der Waals surface area contributed by atoms with Crippen LogP contribution in [0, 0.1) is 5.41 Å². The largest absolute Gasteiger partial charge is 0.469 e. The van der Waals surface area contributed by atoms with Gasteiger partial charge < -0.3 is 14.4 Å². The van der Waals surface area contributed by atoms with Gasteiger partial charge in [0.2, 0.25) is 0 Å². The second kappa shape index (κ2) is 22.9. The second-order valence-corrected chi connectivity index (χ2v) is 17.8. The minimum Gasteiger partial charge on any atom is -0.469 e. The third-order valence-corrected chi connectivity index (χ3v) is 7.80. The van der Waals surface area contributed by atoms with Gasteiger partial charge in [-0.1, -0.05) is 152 Å². The molecular formula is C48H81N5O. The Morgan fingerprint density at radius 3 is 1.57 bits per heavy atom. The molecule has 0 atom stereocenters. The van der Waals surface area contributed by atoms with Crippen LogP contribution in [0.5, 0.6) is 0 Å². The Hall–Kier alpha value is -4.19. The van der Waals surface area contributed by atoms with Gasteiger partial charge in [0.1, 0.15) is 5.76 Å². The zero-order chi connectivity index (χ0) is 37.8. The van der Waals surface area contributed by atoms with Crippen molar-refractivity contribution in [3.63, 3.8) is 0 Å². The van der Waals surface area contributed by atoms with Gasteiger partial charge in [0.05, 0.1) is 23.6 Å². The van der Waals surface area contributed by atoms with Gasteiger partial charge in [-0.05, 0) is 59.5 Å². The summed E-state index contributed by atoms with van der Waals surface area (Å²) in [6, 6.07) is 20.4. The van der Waals surface area contributed by atoms with E-state index in [0.29, 0.717) is 0 Å². The van der Waals surface area contributed by atoms with Crippen LogP contribution in [-0.2, 0) is 21.7 Å². The normalized spacial score (nSPS) is 12.1. The highest BCUT2D eigenvalue weighted by molar-refractivity contribution is 5.75. The number of fused-ring (bicyclic) bond motifs is 1. The number of rotatable bonds is 0. The van der Waals surface area contributed by atoms with Crippen molar-refractivity contribution in [1.82, 2.24) is 19.9 Å². The van der Waals surface area contributed by atoms with Crippen molar-refractivity contribution in [2.75, 3.05) is 0 Å². The highest BCUT2D eigenvalue weighted by atomic mass is 16.3. The smallest absolute Gasteiger partial charge is 0.109 e.